The van der Waals surface area contributed by atoms with Gasteiger partial charge in [-0.3, -0.25) is 9.48 Å². The van der Waals surface area contributed by atoms with E-state index in [4.69, 9.17) is 0 Å². The fourth-order valence-corrected chi connectivity index (χ4v) is 2.41. The molecular weight excluding hydrogens is 218 g/mol. The van der Waals surface area contributed by atoms with Crippen LogP contribution in [0.2, 0.25) is 0 Å². The molecule has 5 heteroatoms. The molecule has 1 aromatic rings. The second-order valence-electron chi connectivity index (χ2n) is 4.89. The van der Waals surface area contributed by atoms with Crippen LogP contribution in [0.5, 0.6) is 0 Å². The fraction of sp³-hybridized carbons (Fsp3) is 0.667. The Hall–Kier alpha value is -1.36. The van der Waals surface area contributed by atoms with Crippen molar-refractivity contribution >= 4 is 5.97 Å². The minimum Gasteiger partial charge on any atom is -0.480 e. The summed E-state index contributed by atoms with van der Waals surface area (Å²) in [7, 11) is 1.72. The number of aromatic nitrogens is 2. The largest absolute Gasteiger partial charge is 0.480 e. The molecule has 0 bridgehead atoms. The molecule has 1 fully saturated rings. The van der Waals surface area contributed by atoms with Gasteiger partial charge in [-0.1, -0.05) is 0 Å². The SMILES string of the molecule is CNC(Cn1nc(C)cc1C)(C(=O)O)C1CC1. The van der Waals surface area contributed by atoms with Gasteiger partial charge in [0.25, 0.3) is 0 Å². The molecule has 1 aliphatic carbocycles. The first-order valence-corrected chi connectivity index (χ1v) is 5.93. The van der Waals surface area contributed by atoms with Crippen LogP contribution in [0.3, 0.4) is 0 Å². The van der Waals surface area contributed by atoms with Crippen molar-refractivity contribution in [3.8, 4) is 0 Å². The van der Waals surface area contributed by atoms with Crippen LogP contribution in [0.4, 0.5) is 0 Å². The van der Waals surface area contributed by atoms with Crippen molar-refractivity contribution in [1.29, 1.82) is 0 Å². The quantitative estimate of drug-likeness (QED) is 0.800. The summed E-state index contributed by atoms with van der Waals surface area (Å²) in [4.78, 5) is 11.6. The van der Waals surface area contributed by atoms with Crippen LogP contribution in [0.15, 0.2) is 6.07 Å². The van der Waals surface area contributed by atoms with E-state index in [-0.39, 0.29) is 5.92 Å². The number of aliphatic carboxylic acids is 1. The number of aryl methyl sites for hydroxylation is 2. The Morgan fingerprint density at radius 2 is 2.29 bits per heavy atom. The van der Waals surface area contributed by atoms with Crippen LogP contribution in [-0.4, -0.2) is 33.4 Å². The van der Waals surface area contributed by atoms with E-state index < -0.39 is 11.5 Å². The summed E-state index contributed by atoms with van der Waals surface area (Å²) in [6, 6.07) is 1.97. The van der Waals surface area contributed by atoms with Gasteiger partial charge in [0.1, 0.15) is 5.54 Å². The molecule has 17 heavy (non-hydrogen) atoms. The molecule has 1 unspecified atom stereocenters. The highest BCUT2D eigenvalue weighted by atomic mass is 16.4. The predicted octanol–water partition coefficient (Wildman–Crippen LogP) is 0.953. The van der Waals surface area contributed by atoms with E-state index in [1.54, 1.807) is 11.7 Å². The highest BCUT2D eigenvalue weighted by Crippen LogP contribution is 2.40. The standard InChI is InChI=1S/C12H19N3O2/c1-8-6-9(2)15(14-8)7-12(13-3,11(16)17)10-4-5-10/h6,10,13H,4-5,7H2,1-3H3,(H,16,17). The third kappa shape index (κ3) is 2.07. The van der Waals surface area contributed by atoms with Gasteiger partial charge >= 0.3 is 5.97 Å². The Balaban J connectivity index is 2.29. The molecule has 2 rings (SSSR count). The summed E-state index contributed by atoms with van der Waals surface area (Å²) in [6.45, 7) is 4.26. The van der Waals surface area contributed by atoms with Crippen molar-refractivity contribution in [1.82, 2.24) is 15.1 Å². The lowest BCUT2D eigenvalue weighted by Gasteiger charge is -2.29. The van der Waals surface area contributed by atoms with Crippen molar-refractivity contribution < 1.29 is 9.90 Å². The molecule has 1 atom stereocenters. The zero-order chi connectivity index (χ0) is 12.6. The summed E-state index contributed by atoms with van der Waals surface area (Å²) in [5.41, 5.74) is 1.06. The average molecular weight is 237 g/mol. The van der Waals surface area contributed by atoms with Crippen molar-refractivity contribution in [2.75, 3.05) is 7.05 Å². The Morgan fingerprint density at radius 1 is 1.65 bits per heavy atom. The smallest absolute Gasteiger partial charge is 0.326 e. The van der Waals surface area contributed by atoms with E-state index in [1.165, 1.54) is 0 Å². The number of carboxylic acids is 1. The number of hydrogen-bond donors (Lipinski definition) is 2. The van der Waals surface area contributed by atoms with Crippen molar-refractivity contribution in [2.45, 2.75) is 38.8 Å². The minimum absolute atomic E-state index is 0.217. The number of nitrogens with zero attached hydrogens (tertiary/aromatic N) is 2. The number of nitrogens with one attached hydrogen (secondary N) is 1. The molecule has 0 radical (unpaired) electrons. The number of carboxylic acid groups (broad SMARTS) is 1. The maximum atomic E-state index is 11.6. The van der Waals surface area contributed by atoms with Gasteiger partial charge in [0, 0.05) is 5.69 Å². The first-order chi connectivity index (χ1) is 7.99. The van der Waals surface area contributed by atoms with E-state index >= 15 is 0 Å². The zero-order valence-corrected chi connectivity index (χ0v) is 10.5. The lowest BCUT2D eigenvalue weighted by Crippen LogP contribution is -2.55. The predicted molar refractivity (Wildman–Crippen MR) is 63.9 cm³/mol. The number of carbonyl (C=O) groups is 1. The Bertz CT molecular complexity index is 437. The number of likely N-dealkylation sites (N-methyl/N-ethyl adjacent to an activating group) is 1. The molecule has 1 heterocycles. The average Bonchev–Trinajstić information content (AvgIpc) is 3.03. The second kappa shape index (κ2) is 4.14. The summed E-state index contributed by atoms with van der Waals surface area (Å²) < 4.78 is 1.79. The zero-order valence-electron chi connectivity index (χ0n) is 10.5. The lowest BCUT2D eigenvalue weighted by molar-refractivity contribution is -0.146. The summed E-state index contributed by atoms with van der Waals surface area (Å²) in [5.74, 6) is -0.566. The Labute approximate surface area is 101 Å². The van der Waals surface area contributed by atoms with Crippen molar-refractivity contribution in [2.24, 2.45) is 5.92 Å². The summed E-state index contributed by atoms with van der Waals surface area (Å²) in [6.07, 6.45) is 1.96. The summed E-state index contributed by atoms with van der Waals surface area (Å²) >= 11 is 0. The Kier molecular flexibility index (Phi) is 2.95. The molecule has 0 spiro atoms. The van der Waals surface area contributed by atoms with Crippen LogP contribution in [0.25, 0.3) is 0 Å². The van der Waals surface area contributed by atoms with Crippen LogP contribution in [0, 0.1) is 19.8 Å². The van der Waals surface area contributed by atoms with E-state index in [2.05, 4.69) is 10.4 Å². The number of rotatable bonds is 5. The van der Waals surface area contributed by atoms with Gasteiger partial charge in [0.15, 0.2) is 0 Å². The third-order valence-electron chi connectivity index (χ3n) is 3.60. The second-order valence-corrected chi connectivity index (χ2v) is 4.89. The third-order valence-corrected chi connectivity index (χ3v) is 3.60. The molecule has 0 aromatic carbocycles. The molecule has 5 nitrogen and oxygen atoms in total. The molecule has 94 valence electrons. The molecule has 2 N–H and O–H groups in total. The van der Waals surface area contributed by atoms with E-state index in [0.29, 0.717) is 6.54 Å². The molecular formula is C12H19N3O2. The molecule has 1 saturated carbocycles. The minimum atomic E-state index is -0.872. The van der Waals surface area contributed by atoms with Gasteiger partial charge < -0.3 is 10.4 Å². The molecule has 1 aliphatic rings. The van der Waals surface area contributed by atoms with Gasteiger partial charge in [0.05, 0.1) is 12.2 Å². The van der Waals surface area contributed by atoms with E-state index in [0.717, 1.165) is 24.2 Å². The molecule has 0 amide bonds. The normalized spacial score (nSPS) is 19.0. The highest BCUT2D eigenvalue weighted by Gasteiger charge is 2.50. The van der Waals surface area contributed by atoms with Crippen molar-refractivity contribution in [3.63, 3.8) is 0 Å². The van der Waals surface area contributed by atoms with Gasteiger partial charge in [-0.25, -0.2) is 0 Å². The van der Waals surface area contributed by atoms with Crippen molar-refractivity contribution in [3.05, 3.63) is 17.5 Å². The van der Waals surface area contributed by atoms with E-state index in [1.807, 2.05) is 19.9 Å². The van der Waals surface area contributed by atoms with Gasteiger partial charge in [-0.2, -0.15) is 5.10 Å². The highest BCUT2D eigenvalue weighted by molar-refractivity contribution is 5.79. The van der Waals surface area contributed by atoms with Crippen LogP contribution in [0.1, 0.15) is 24.2 Å². The van der Waals surface area contributed by atoms with Gasteiger partial charge in [0.2, 0.25) is 0 Å². The first kappa shape index (κ1) is 12.1. The first-order valence-electron chi connectivity index (χ1n) is 5.93. The molecule has 1 aromatic heterocycles. The van der Waals surface area contributed by atoms with E-state index in [9.17, 15) is 9.90 Å². The van der Waals surface area contributed by atoms with Gasteiger partial charge in [-0.05, 0) is 45.7 Å². The maximum Gasteiger partial charge on any atom is 0.326 e. The topological polar surface area (TPSA) is 67.2 Å². The molecule has 0 aliphatic heterocycles. The van der Waals surface area contributed by atoms with Gasteiger partial charge in [-0.15, -0.1) is 0 Å². The lowest BCUT2D eigenvalue weighted by atomic mass is 9.93. The Morgan fingerprint density at radius 3 is 2.65 bits per heavy atom. The summed E-state index contributed by atoms with van der Waals surface area (Å²) in [5, 5.41) is 16.8. The monoisotopic (exact) mass is 237 g/mol. The van der Waals surface area contributed by atoms with Crippen LogP contribution in [-0.2, 0) is 11.3 Å². The van der Waals surface area contributed by atoms with Crippen LogP contribution < -0.4 is 5.32 Å². The number of hydrogen-bond acceptors (Lipinski definition) is 3. The fourth-order valence-electron chi connectivity index (χ4n) is 2.41. The molecule has 0 saturated heterocycles. The maximum absolute atomic E-state index is 11.6. The van der Waals surface area contributed by atoms with Crippen LogP contribution >= 0.6 is 0 Å².